The van der Waals surface area contributed by atoms with E-state index in [1.807, 2.05) is 81.4 Å². The molecule has 1 aromatic heterocycles. The van der Waals surface area contributed by atoms with Crippen LogP contribution in [-0.2, 0) is 18.0 Å². The predicted molar refractivity (Wildman–Crippen MR) is 181 cm³/mol. The fourth-order valence-corrected chi connectivity index (χ4v) is 6.01. The molecule has 252 valence electrons. The standard InChI is InChI=1S/C38H42F2N4O4/c1-38(2,3)48-37(45)44-18-16-43(17-19-44)30-20-28(21-30)41-29-22-32(39)35(33(40)23-29)31-14-15-34(46-24-26-10-6-4-7-11-26)42-36(31)47-25-27-12-8-5-9-13-27/h4-15,22-23,28,30,41H,16-21,24-25H2,1-3H3/t28-,30-. The number of pyridine rings is 1. The van der Waals surface area contributed by atoms with Crippen LogP contribution in [0.5, 0.6) is 11.8 Å². The van der Waals surface area contributed by atoms with Gasteiger partial charge in [-0.1, -0.05) is 60.7 Å². The van der Waals surface area contributed by atoms with Gasteiger partial charge in [-0.2, -0.15) is 4.98 Å². The smallest absolute Gasteiger partial charge is 0.410 e. The number of carbonyl (C=O) groups excluding carboxylic acids is 1. The van der Waals surface area contributed by atoms with Crippen LogP contribution in [-0.4, -0.2) is 64.7 Å². The molecule has 8 nitrogen and oxygen atoms in total. The third kappa shape index (κ3) is 8.41. The SMILES string of the molecule is CC(C)(C)OC(=O)N1CCN([C@H]2C[C@H](Nc3cc(F)c(-c4ccc(OCc5ccccc5)nc4OCc4ccccc4)c(F)c3)C2)CC1. The van der Waals surface area contributed by atoms with Crippen molar-refractivity contribution in [3.05, 3.63) is 108 Å². The van der Waals surface area contributed by atoms with Crippen molar-refractivity contribution in [3.8, 4) is 22.9 Å². The minimum Gasteiger partial charge on any atom is -0.473 e. The third-order valence-electron chi connectivity index (χ3n) is 8.56. The van der Waals surface area contributed by atoms with Crippen LogP contribution in [0.2, 0.25) is 0 Å². The van der Waals surface area contributed by atoms with Crippen LogP contribution in [0.4, 0.5) is 19.3 Å². The van der Waals surface area contributed by atoms with Gasteiger partial charge in [0.25, 0.3) is 0 Å². The van der Waals surface area contributed by atoms with E-state index >= 15 is 8.78 Å². The molecular weight excluding hydrogens is 614 g/mol. The van der Waals surface area contributed by atoms with Crippen molar-refractivity contribution in [2.24, 2.45) is 0 Å². The van der Waals surface area contributed by atoms with Gasteiger partial charge in [0.1, 0.15) is 30.4 Å². The molecule has 1 saturated heterocycles. The Kier molecular flexibility index (Phi) is 10.1. The Morgan fingerprint density at radius 1 is 0.833 bits per heavy atom. The molecule has 0 radical (unpaired) electrons. The van der Waals surface area contributed by atoms with Gasteiger partial charge >= 0.3 is 6.09 Å². The number of ether oxygens (including phenoxy) is 3. The van der Waals surface area contributed by atoms with Gasteiger partial charge in [0.05, 0.1) is 11.1 Å². The van der Waals surface area contributed by atoms with E-state index in [2.05, 4.69) is 15.2 Å². The van der Waals surface area contributed by atoms with Gasteiger partial charge < -0.3 is 24.4 Å². The molecule has 4 aromatic rings. The molecule has 1 amide bonds. The molecule has 0 bridgehead atoms. The highest BCUT2D eigenvalue weighted by Gasteiger charge is 2.36. The van der Waals surface area contributed by atoms with Crippen LogP contribution in [0.3, 0.4) is 0 Å². The lowest BCUT2D eigenvalue weighted by Gasteiger charge is -2.46. The predicted octanol–water partition coefficient (Wildman–Crippen LogP) is 7.68. The number of anilines is 1. The number of hydrogen-bond donors (Lipinski definition) is 1. The highest BCUT2D eigenvalue weighted by molar-refractivity contribution is 5.72. The van der Waals surface area contributed by atoms with E-state index in [0.717, 1.165) is 37.1 Å². The monoisotopic (exact) mass is 656 g/mol. The Bertz CT molecular complexity index is 1660. The second-order valence-electron chi connectivity index (χ2n) is 13.3. The van der Waals surface area contributed by atoms with Gasteiger partial charge in [-0.3, -0.25) is 4.90 Å². The Hall–Kier alpha value is -4.70. The Labute approximate surface area is 280 Å². The number of hydrogen-bond acceptors (Lipinski definition) is 7. The molecular formula is C38H42F2N4O4. The quantitative estimate of drug-likeness (QED) is 0.188. The highest BCUT2D eigenvalue weighted by atomic mass is 19.1. The number of aromatic nitrogens is 1. The summed E-state index contributed by atoms with van der Waals surface area (Å²) in [5, 5.41) is 3.31. The van der Waals surface area contributed by atoms with E-state index in [4.69, 9.17) is 14.2 Å². The van der Waals surface area contributed by atoms with Crippen LogP contribution in [0.1, 0.15) is 44.7 Å². The molecule has 6 rings (SSSR count). The largest absolute Gasteiger partial charge is 0.473 e. The average Bonchev–Trinajstić information content (AvgIpc) is 3.05. The Morgan fingerprint density at radius 2 is 1.42 bits per heavy atom. The zero-order valence-corrected chi connectivity index (χ0v) is 27.6. The first-order chi connectivity index (χ1) is 23.1. The van der Waals surface area contributed by atoms with E-state index in [0.29, 0.717) is 31.4 Å². The van der Waals surface area contributed by atoms with Gasteiger partial charge in [0, 0.05) is 50.0 Å². The van der Waals surface area contributed by atoms with Crippen LogP contribution in [0.15, 0.2) is 84.9 Å². The summed E-state index contributed by atoms with van der Waals surface area (Å²) in [6, 6.07) is 25.5. The number of piperazine rings is 1. The van der Waals surface area contributed by atoms with E-state index in [9.17, 15) is 4.79 Å². The number of nitrogens with one attached hydrogen (secondary N) is 1. The average molecular weight is 657 g/mol. The summed E-state index contributed by atoms with van der Waals surface area (Å²) in [7, 11) is 0. The van der Waals surface area contributed by atoms with Crippen molar-refractivity contribution in [1.82, 2.24) is 14.8 Å². The van der Waals surface area contributed by atoms with Crippen LogP contribution < -0.4 is 14.8 Å². The van der Waals surface area contributed by atoms with E-state index in [1.54, 1.807) is 17.0 Å². The number of amides is 1. The first-order valence-electron chi connectivity index (χ1n) is 16.4. The van der Waals surface area contributed by atoms with Crippen molar-refractivity contribution in [3.63, 3.8) is 0 Å². The van der Waals surface area contributed by atoms with E-state index < -0.39 is 17.2 Å². The first kappa shape index (κ1) is 33.2. The molecule has 2 fully saturated rings. The zero-order valence-electron chi connectivity index (χ0n) is 27.6. The van der Waals surface area contributed by atoms with Crippen LogP contribution in [0, 0.1) is 11.6 Å². The van der Waals surface area contributed by atoms with Gasteiger partial charge in [0.15, 0.2) is 0 Å². The molecule has 2 aliphatic rings. The Morgan fingerprint density at radius 3 is 2.00 bits per heavy atom. The molecule has 3 aromatic carbocycles. The summed E-state index contributed by atoms with van der Waals surface area (Å²) in [6.07, 6.45) is 1.42. The van der Waals surface area contributed by atoms with E-state index in [1.165, 1.54) is 12.1 Å². The van der Waals surface area contributed by atoms with Gasteiger partial charge in [-0.15, -0.1) is 0 Å². The fraction of sp³-hybridized carbons (Fsp3) is 0.368. The fourth-order valence-electron chi connectivity index (χ4n) is 6.01. The summed E-state index contributed by atoms with van der Waals surface area (Å²) in [5.74, 6) is -1.06. The van der Waals surface area contributed by atoms with Crippen molar-refractivity contribution in [2.75, 3.05) is 31.5 Å². The maximum atomic E-state index is 15.7. The van der Waals surface area contributed by atoms with Gasteiger partial charge in [-0.05, 0) is 62.9 Å². The number of carbonyl (C=O) groups is 1. The molecule has 0 atom stereocenters. The molecule has 1 aliphatic heterocycles. The number of halogens is 2. The summed E-state index contributed by atoms with van der Waals surface area (Å²) in [6.45, 7) is 8.84. The third-order valence-corrected chi connectivity index (χ3v) is 8.56. The summed E-state index contributed by atoms with van der Waals surface area (Å²) < 4.78 is 48.8. The molecule has 0 spiro atoms. The minimum atomic E-state index is -0.712. The van der Waals surface area contributed by atoms with Crippen LogP contribution in [0.25, 0.3) is 11.1 Å². The maximum Gasteiger partial charge on any atom is 0.410 e. The topological polar surface area (TPSA) is 76.2 Å². The van der Waals surface area contributed by atoms with Crippen molar-refractivity contribution >= 4 is 11.8 Å². The molecule has 0 unspecified atom stereocenters. The second kappa shape index (κ2) is 14.6. The number of benzene rings is 3. The lowest BCUT2D eigenvalue weighted by Crippen LogP contribution is -2.57. The molecule has 2 heterocycles. The van der Waals surface area contributed by atoms with Crippen molar-refractivity contribution < 1.29 is 27.8 Å². The van der Waals surface area contributed by atoms with Crippen LogP contribution >= 0.6 is 0 Å². The van der Waals surface area contributed by atoms with Gasteiger partial charge in [0.2, 0.25) is 11.8 Å². The molecule has 48 heavy (non-hydrogen) atoms. The normalized spacial score (nSPS) is 18.1. The van der Waals surface area contributed by atoms with Crippen molar-refractivity contribution in [1.29, 1.82) is 0 Å². The molecule has 1 saturated carbocycles. The minimum absolute atomic E-state index is 0.0801. The number of nitrogens with zero attached hydrogens (tertiary/aromatic N) is 3. The Balaban J connectivity index is 1.10. The molecule has 1 aliphatic carbocycles. The second-order valence-corrected chi connectivity index (χ2v) is 13.3. The van der Waals surface area contributed by atoms with Gasteiger partial charge in [-0.25, -0.2) is 13.6 Å². The molecule has 10 heteroatoms. The molecule has 1 N–H and O–H groups in total. The summed E-state index contributed by atoms with van der Waals surface area (Å²) in [5.41, 5.74) is 1.72. The highest BCUT2D eigenvalue weighted by Crippen LogP contribution is 2.37. The zero-order chi connectivity index (χ0) is 33.7. The maximum absolute atomic E-state index is 15.7. The summed E-state index contributed by atoms with van der Waals surface area (Å²) >= 11 is 0. The van der Waals surface area contributed by atoms with E-state index in [-0.39, 0.29) is 41.6 Å². The first-order valence-corrected chi connectivity index (χ1v) is 16.4. The number of rotatable bonds is 10. The lowest BCUT2D eigenvalue weighted by atomic mass is 9.85. The van der Waals surface area contributed by atoms with Crippen molar-refractivity contribution in [2.45, 2.75) is 64.5 Å². The summed E-state index contributed by atoms with van der Waals surface area (Å²) in [4.78, 5) is 21.0. The lowest BCUT2D eigenvalue weighted by molar-refractivity contribution is 0.00398.